The van der Waals surface area contributed by atoms with E-state index in [9.17, 15) is 4.79 Å². The number of pyridine rings is 1. The molecule has 2 atom stereocenters. The van der Waals surface area contributed by atoms with Gasteiger partial charge in [0.15, 0.2) is 0 Å². The van der Waals surface area contributed by atoms with Gasteiger partial charge >= 0.3 is 6.09 Å². The van der Waals surface area contributed by atoms with Gasteiger partial charge in [0.25, 0.3) is 0 Å². The van der Waals surface area contributed by atoms with Crippen molar-refractivity contribution >= 4 is 6.09 Å². The molecule has 1 aromatic rings. The van der Waals surface area contributed by atoms with Gasteiger partial charge in [-0.2, -0.15) is 0 Å². The molecule has 0 aliphatic carbocycles. The van der Waals surface area contributed by atoms with Crippen molar-refractivity contribution in [1.29, 1.82) is 0 Å². The first kappa shape index (κ1) is 18.4. The lowest BCUT2D eigenvalue weighted by molar-refractivity contribution is 0.0276. The van der Waals surface area contributed by atoms with Crippen molar-refractivity contribution in [1.82, 2.24) is 15.2 Å². The highest BCUT2D eigenvalue weighted by Gasteiger charge is 2.20. The smallest absolute Gasteiger partial charge is 0.410 e. The number of aromatic nitrogens is 1. The minimum Gasteiger partial charge on any atom is -0.444 e. The standard InChI is InChI=1S/C17H29N3O2/c1-13(12-20(6)16(21)22-17(3,4)5)11-19-14(2)15-9-7-8-10-18-15/h7-10,13-14,19H,11-12H2,1-6H3. The number of ether oxygens (including phenoxy) is 1. The molecule has 0 bridgehead atoms. The van der Waals surface area contributed by atoms with Gasteiger partial charge in [0, 0.05) is 25.8 Å². The first-order valence-corrected chi connectivity index (χ1v) is 7.77. The quantitative estimate of drug-likeness (QED) is 0.876. The molecule has 0 saturated heterocycles. The van der Waals surface area contributed by atoms with Gasteiger partial charge in [-0.05, 0) is 52.3 Å². The van der Waals surface area contributed by atoms with Crippen LogP contribution in [0.4, 0.5) is 4.79 Å². The number of amides is 1. The van der Waals surface area contributed by atoms with Gasteiger partial charge in [-0.15, -0.1) is 0 Å². The molecule has 0 aromatic carbocycles. The molecule has 1 heterocycles. The molecule has 0 aliphatic rings. The summed E-state index contributed by atoms with van der Waals surface area (Å²) in [5.41, 5.74) is 0.565. The van der Waals surface area contributed by atoms with E-state index in [2.05, 4.69) is 24.1 Å². The zero-order valence-electron chi connectivity index (χ0n) is 14.6. The molecule has 0 spiro atoms. The lowest BCUT2D eigenvalue weighted by Crippen LogP contribution is -2.38. The van der Waals surface area contributed by atoms with Gasteiger partial charge in [-0.25, -0.2) is 4.79 Å². The zero-order chi connectivity index (χ0) is 16.8. The van der Waals surface area contributed by atoms with Crippen molar-refractivity contribution in [3.63, 3.8) is 0 Å². The van der Waals surface area contributed by atoms with Crippen molar-refractivity contribution < 1.29 is 9.53 Å². The zero-order valence-corrected chi connectivity index (χ0v) is 14.6. The molecule has 5 nitrogen and oxygen atoms in total. The number of carbonyl (C=O) groups is 1. The fraction of sp³-hybridized carbons (Fsp3) is 0.647. The third kappa shape index (κ3) is 6.89. The van der Waals surface area contributed by atoms with E-state index < -0.39 is 5.60 Å². The van der Waals surface area contributed by atoms with Crippen LogP contribution in [0.25, 0.3) is 0 Å². The molecule has 1 N–H and O–H groups in total. The van der Waals surface area contributed by atoms with Gasteiger partial charge in [0.05, 0.1) is 5.69 Å². The maximum atomic E-state index is 11.9. The Morgan fingerprint density at radius 3 is 2.59 bits per heavy atom. The van der Waals surface area contributed by atoms with Gasteiger partial charge in [-0.3, -0.25) is 4.98 Å². The Hall–Kier alpha value is -1.62. The molecule has 0 radical (unpaired) electrons. The maximum absolute atomic E-state index is 11.9. The van der Waals surface area contributed by atoms with E-state index in [4.69, 9.17) is 4.74 Å². The molecule has 0 aliphatic heterocycles. The number of hydrogen-bond acceptors (Lipinski definition) is 4. The van der Waals surface area contributed by atoms with E-state index in [0.29, 0.717) is 12.5 Å². The summed E-state index contributed by atoms with van der Waals surface area (Å²) < 4.78 is 5.35. The van der Waals surface area contributed by atoms with Crippen LogP contribution in [0.3, 0.4) is 0 Å². The van der Waals surface area contributed by atoms with Crippen molar-refractivity contribution in [3.05, 3.63) is 30.1 Å². The normalized spacial score (nSPS) is 14.3. The summed E-state index contributed by atoms with van der Waals surface area (Å²) in [5.74, 6) is 0.323. The number of rotatable bonds is 6. The second-order valence-corrected chi connectivity index (χ2v) is 6.85. The monoisotopic (exact) mass is 307 g/mol. The summed E-state index contributed by atoms with van der Waals surface area (Å²) in [4.78, 5) is 17.9. The third-order valence-corrected chi connectivity index (χ3v) is 3.19. The van der Waals surface area contributed by atoms with E-state index in [-0.39, 0.29) is 12.1 Å². The minimum absolute atomic E-state index is 0.190. The molecule has 22 heavy (non-hydrogen) atoms. The maximum Gasteiger partial charge on any atom is 0.410 e. The Kier molecular flexibility index (Phi) is 6.81. The van der Waals surface area contributed by atoms with Crippen LogP contribution < -0.4 is 5.32 Å². The lowest BCUT2D eigenvalue weighted by atomic mass is 10.1. The van der Waals surface area contributed by atoms with E-state index in [1.54, 1.807) is 18.1 Å². The molecule has 5 heteroatoms. The largest absolute Gasteiger partial charge is 0.444 e. The summed E-state index contributed by atoms with van der Waals surface area (Å²) in [6.45, 7) is 11.3. The topological polar surface area (TPSA) is 54.5 Å². The first-order valence-electron chi connectivity index (χ1n) is 7.77. The van der Waals surface area contributed by atoms with E-state index >= 15 is 0 Å². The Morgan fingerprint density at radius 2 is 2.05 bits per heavy atom. The molecule has 1 amide bonds. The van der Waals surface area contributed by atoms with Crippen LogP contribution in [0, 0.1) is 5.92 Å². The Morgan fingerprint density at radius 1 is 1.36 bits per heavy atom. The van der Waals surface area contributed by atoms with Crippen molar-refractivity contribution in [2.75, 3.05) is 20.1 Å². The van der Waals surface area contributed by atoms with Crippen LogP contribution in [0.15, 0.2) is 24.4 Å². The van der Waals surface area contributed by atoms with Crippen molar-refractivity contribution in [3.8, 4) is 0 Å². The predicted octanol–water partition coefficient (Wildman–Crippen LogP) is 3.24. The Bertz CT molecular complexity index is 457. The summed E-state index contributed by atoms with van der Waals surface area (Å²) in [7, 11) is 1.77. The first-order chi connectivity index (χ1) is 10.2. The van der Waals surface area contributed by atoms with Crippen LogP contribution in [0.5, 0.6) is 0 Å². The highest BCUT2D eigenvalue weighted by atomic mass is 16.6. The predicted molar refractivity (Wildman–Crippen MR) is 88.7 cm³/mol. The molecule has 0 saturated carbocycles. The van der Waals surface area contributed by atoms with Crippen LogP contribution in [-0.2, 0) is 4.74 Å². The molecule has 2 unspecified atom stereocenters. The number of nitrogens with one attached hydrogen (secondary N) is 1. The average Bonchev–Trinajstić information content (AvgIpc) is 2.43. The van der Waals surface area contributed by atoms with Crippen molar-refractivity contribution in [2.45, 2.75) is 46.3 Å². The summed E-state index contributed by atoms with van der Waals surface area (Å²) in [5, 5.41) is 3.45. The van der Waals surface area contributed by atoms with Crippen LogP contribution >= 0.6 is 0 Å². The highest BCUT2D eigenvalue weighted by molar-refractivity contribution is 5.67. The van der Waals surface area contributed by atoms with Gasteiger partial charge < -0.3 is 15.0 Å². The summed E-state index contributed by atoms with van der Waals surface area (Å²) in [6, 6.07) is 6.10. The summed E-state index contributed by atoms with van der Waals surface area (Å²) >= 11 is 0. The van der Waals surface area contributed by atoms with Gasteiger partial charge in [-0.1, -0.05) is 13.0 Å². The third-order valence-electron chi connectivity index (χ3n) is 3.19. The number of hydrogen-bond donors (Lipinski definition) is 1. The van der Waals surface area contributed by atoms with Gasteiger partial charge in [0.1, 0.15) is 5.60 Å². The molecule has 1 aromatic heterocycles. The molecule has 1 rings (SSSR count). The Balaban J connectivity index is 2.36. The fourth-order valence-corrected chi connectivity index (χ4v) is 2.06. The number of carbonyl (C=O) groups excluding carboxylic acids is 1. The second kappa shape index (κ2) is 8.13. The Labute approximate surface area is 134 Å². The molecular formula is C17H29N3O2. The molecule has 124 valence electrons. The van der Waals surface area contributed by atoms with Crippen LogP contribution in [-0.4, -0.2) is 41.7 Å². The van der Waals surface area contributed by atoms with Crippen molar-refractivity contribution in [2.24, 2.45) is 5.92 Å². The van der Waals surface area contributed by atoms with E-state index in [0.717, 1.165) is 12.2 Å². The highest BCUT2D eigenvalue weighted by Crippen LogP contribution is 2.11. The van der Waals surface area contributed by atoms with Crippen LogP contribution in [0.2, 0.25) is 0 Å². The van der Waals surface area contributed by atoms with Gasteiger partial charge in [0.2, 0.25) is 0 Å². The summed E-state index contributed by atoms with van der Waals surface area (Å²) in [6.07, 6.45) is 1.52. The average molecular weight is 307 g/mol. The second-order valence-electron chi connectivity index (χ2n) is 6.85. The molecular weight excluding hydrogens is 278 g/mol. The molecule has 0 fully saturated rings. The fourth-order valence-electron chi connectivity index (χ4n) is 2.06. The van der Waals surface area contributed by atoms with Crippen LogP contribution in [0.1, 0.15) is 46.4 Å². The van der Waals surface area contributed by atoms with E-state index in [1.165, 1.54) is 0 Å². The number of nitrogens with zero attached hydrogens (tertiary/aromatic N) is 2. The SMILES string of the molecule is CC(CNC(C)c1ccccn1)CN(C)C(=O)OC(C)(C)C. The minimum atomic E-state index is -0.458. The van der Waals surface area contributed by atoms with E-state index in [1.807, 2.05) is 39.0 Å². The lowest BCUT2D eigenvalue weighted by Gasteiger charge is -2.27.